The van der Waals surface area contributed by atoms with Crippen LogP contribution in [0.1, 0.15) is 30.6 Å². The van der Waals surface area contributed by atoms with Gasteiger partial charge in [-0.25, -0.2) is 8.42 Å². The predicted molar refractivity (Wildman–Crippen MR) is 76.7 cm³/mol. The van der Waals surface area contributed by atoms with Gasteiger partial charge in [0.05, 0.1) is 17.6 Å². The highest BCUT2D eigenvalue weighted by atomic mass is 32.2. The van der Waals surface area contributed by atoms with Crippen LogP contribution in [0.25, 0.3) is 0 Å². The van der Waals surface area contributed by atoms with Gasteiger partial charge in [-0.15, -0.1) is 0 Å². The molecular formula is C14H19NO4S. The number of hydrogen-bond donors (Lipinski definition) is 1. The quantitative estimate of drug-likeness (QED) is 0.911. The largest absolute Gasteiger partial charge is 0.491 e. The molecule has 0 spiro atoms. The molecule has 1 fully saturated rings. The van der Waals surface area contributed by atoms with Gasteiger partial charge < -0.3 is 10.1 Å². The van der Waals surface area contributed by atoms with E-state index in [1.165, 1.54) is 0 Å². The molecule has 0 unspecified atom stereocenters. The fourth-order valence-corrected chi connectivity index (χ4v) is 3.81. The van der Waals surface area contributed by atoms with E-state index in [1.54, 1.807) is 24.3 Å². The van der Waals surface area contributed by atoms with Crippen molar-refractivity contribution >= 4 is 15.7 Å². The lowest BCUT2D eigenvalue weighted by Crippen LogP contribution is -2.35. The lowest BCUT2D eigenvalue weighted by atomic mass is 10.2. The van der Waals surface area contributed by atoms with E-state index in [0.717, 1.165) is 0 Å². The lowest BCUT2D eigenvalue weighted by molar-refractivity contribution is 0.0941. The normalized spacial score (nSPS) is 20.9. The molecule has 1 aliphatic heterocycles. The first-order chi connectivity index (χ1) is 9.35. The maximum Gasteiger partial charge on any atom is 0.251 e. The van der Waals surface area contributed by atoms with Crippen LogP contribution < -0.4 is 10.1 Å². The Kier molecular flexibility index (Phi) is 4.32. The fraction of sp³-hybridized carbons (Fsp3) is 0.500. The first kappa shape index (κ1) is 14.8. The van der Waals surface area contributed by atoms with E-state index >= 15 is 0 Å². The summed E-state index contributed by atoms with van der Waals surface area (Å²) in [6, 6.07) is 6.55. The number of benzene rings is 1. The first-order valence-electron chi connectivity index (χ1n) is 6.64. The predicted octanol–water partition coefficient (Wildman–Crippen LogP) is 1.39. The Morgan fingerprint density at radius 3 is 2.45 bits per heavy atom. The van der Waals surface area contributed by atoms with E-state index in [2.05, 4.69) is 5.32 Å². The highest BCUT2D eigenvalue weighted by Gasteiger charge is 2.29. The molecule has 20 heavy (non-hydrogen) atoms. The van der Waals surface area contributed by atoms with Gasteiger partial charge in [-0.3, -0.25) is 4.79 Å². The van der Waals surface area contributed by atoms with Gasteiger partial charge in [0.25, 0.3) is 5.91 Å². The summed E-state index contributed by atoms with van der Waals surface area (Å²) in [7, 11) is -2.98. The number of amides is 1. The van der Waals surface area contributed by atoms with E-state index in [4.69, 9.17) is 4.74 Å². The molecule has 1 aromatic rings. The van der Waals surface area contributed by atoms with Gasteiger partial charge in [0.15, 0.2) is 9.84 Å². The van der Waals surface area contributed by atoms with E-state index in [0.29, 0.717) is 17.7 Å². The molecule has 1 aromatic carbocycles. The van der Waals surface area contributed by atoms with Crippen LogP contribution >= 0.6 is 0 Å². The van der Waals surface area contributed by atoms with Crippen molar-refractivity contribution in [2.45, 2.75) is 32.4 Å². The van der Waals surface area contributed by atoms with Crippen molar-refractivity contribution in [1.82, 2.24) is 5.32 Å². The summed E-state index contributed by atoms with van der Waals surface area (Å²) in [4.78, 5) is 12.0. The number of carbonyl (C=O) groups is 1. The summed E-state index contributed by atoms with van der Waals surface area (Å²) < 4.78 is 28.2. The second-order valence-electron chi connectivity index (χ2n) is 5.26. The van der Waals surface area contributed by atoms with E-state index in [9.17, 15) is 13.2 Å². The summed E-state index contributed by atoms with van der Waals surface area (Å²) in [5, 5.41) is 2.75. The Balaban J connectivity index is 1.96. The van der Waals surface area contributed by atoms with Crippen molar-refractivity contribution < 1.29 is 17.9 Å². The van der Waals surface area contributed by atoms with Gasteiger partial charge in [-0.2, -0.15) is 0 Å². The van der Waals surface area contributed by atoms with Gasteiger partial charge in [0.1, 0.15) is 5.75 Å². The Labute approximate surface area is 119 Å². The maximum atomic E-state index is 12.0. The fourth-order valence-electron chi connectivity index (χ4n) is 2.13. The van der Waals surface area contributed by atoms with Crippen molar-refractivity contribution in [1.29, 1.82) is 0 Å². The van der Waals surface area contributed by atoms with Crippen LogP contribution in [0, 0.1) is 0 Å². The van der Waals surface area contributed by atoms with Crippen molar-refractivity contribution in [2.75, 3.05) is 11.5 Å². The van der Waals surface area contributed by atoms with Gasteiger partial charge in [-0.1, -0.05) is 0 Å². The average Bonchev–Trinajstić information content (AvgIpc) is 2.68. The zero-order valence-electron chi connectivity index (χ0n) is 11.6. The molecule has 0 saturated carbocycles. The third-order valence-electron chi connectivity index (χ3n) is 3.06. The molecule has 1 atom stereocenters. The second-order valence-corrected chi connectivity index (χ2v) is 7.49. The van der Waals surface area contributed by atoms with Crippen LogP contribution in [0.5, 0.6) is 5.75 Å². The van der Waals surface area contributed by atoms with Crippen LogP contribution in [0.2, 0.25) is 0 Å². The van der Waals surface area contributed by atoms with Gasteiger partial charge in [0, 0.05) is 11.6 Å². The molecule has 0 aromatic heterocycles. The monoisotopic (exact) mass is 297 g/mol. The van der Waals surface area contributed by atoms with Crippen molar-refractivity contribution in [3.63, 3.8) is 0 Å². The van der Waals surface area contributed by atoms with Gasteiger partial charge >= 0.3 is 0 Å². The number of sulfone groups is 1. The zero-order chi connectivity index (χ0) is 14.8. The summed E-state index contributed by atoms with van der Waals surface area (Å²) in [5.74, 6) is 0.648. The standard InChI is InChI=1S/C14H19NO4S/c1-10(2)19-13-5-3-11(4-6-13)14(16)15-12-7-8-20(17,18)9-12/h3-6,10,12H,7-9H2,1-2H3,(H,15,16)/t12-/m1/s1. The van der Waals surface area contributed by atoms with Crippen LogP contribution in [-0.4, -0.2) is 38.0 Å². The molecule has 0 aliphatic carbocycles. The number of carbonyl (C=O) groups excluding carboxylic acids is 1. The average molecular weight is 297 g/mol. The number of ether oxygens (including phenoxy) is 1. The third-order valence-corrected chi connectivity index (χ3v) is 4.82. The van der Waals surface area contributed by atoms with Crippen molar-refractivity contribution in [3.8, 4) is 5.75 Å². The highest BCUT2D eigenvalue weighted by Crippen LogP contribution is 2.15. The third kappa shape index (κ3) is 3.96. The SMILES string of the molecule is CC(C)Oc1ccc(C(=O)N[C@@H]2CCS(=O)(=O)C2)cc1. The van der Waals surface area contributed by atoms with Crippen LogP contribution in [-0.2, 0) is 9.84 Å². The minimum Gasteiger partial charge on any atom is -0.491 e. The second kappa shape index (κ2) is 5.83. The summed E-state index contributed by atoms with van der Waals surface area (Å²) in [5.41, 5.74) is 0.505. The molecule has 0 bridgehead atoms. The number of rotatable bonds is 4. The van der Waals surface area contributed by atoms with Crippen LogP contribution in [0.15, 0.2) is 24.3 Å². The molecule has 5 nitrogen and oxygen atoms in total. The summed E-state index contributed by atoms with van der Waals surface area (Å²) in [6.45, 7) is 3.86. The van der Waals surface area contributed by atoms with Crippen LogP contribution in [0.4, 0.5) is 0 Å². The Hall–Kier alpha value is -1.56. The van der Waals surface area contributed by atoms with Crippen molar-refractivity contribution in [3.05, 3.63) is 29.8 Å². The molecule has 0 radical (unpaired) electrons. The molecule has 1 aliphatic rings. The molecule has 1 saturated heterocycles. The van der Waals surface area contributed by atoms with E-state index in [-0.39, 0.29) is 29.6 Å². The van der Waals surface area contributed by atoms with Crippen molar-refractivity contribution in [2.24, 2.45) is 0 Å². The Morgan fingerprint density at radius 2 is 1.95 bits per heavy atom. The minimum absolute atomic E-state index is 0.0350. The molecule has 1 N–H and O–H groups in total. The minimum atomic E-state index is -2.98. The van der Waals surface area contributed by atoms with Crippen LogP contribution in [0.3, 0.4) is 0 Å². The molecule has 2 rings (SSSR count). The molecular weight excluding hydrogens is 278 g/mol. The topological polar surface area (TPSA) is 72.5 Å². The molecule has 1 amide bonds. The molecule has 110 valence electrons. The van der Waals surface area contributed by atoms with Gasteiger partial charge in [0.2, 0.25) is 0 Å². The van der Waals surface area contributed by atoms with E-state index in [1.807, 2.05) is 13.8 Å². The lowest BCUT2D eigenvalue weighted by Gasteiger charge is -2.12. The Bertz CT molecular complexity index is 578. The summed E-state index contributed by atoms with van der Waals surface area (Å²) >= 11 is 0. The number of hydrogen-bond acceptors (Lipinski definition) is 4. The molecule has 6 heteroatoms. The van der Waals surface area contributed by atoms with E-state index < -0.39 is 9.84 Å². The zero-order valence-corrected chi connectivity index (χ0v) is 12.4. The maximum absolute atomic E-state index is 12.0. The summed E-state index contributed by atoms with van der Waals surface area (Å²) in [6.07, 6.45) is 0.571. The Morgan fingerprint density at radius 1 is 1.30 bits per heavy atom. The van der Waals surface area contributed by atoms with Gasteiger partial charge in [-0.05, 0) is 44.5 Å². The molecule has 1 heterocycles. The highest BCUT2D eigenvalue weighted by molar-refractivity contribution is 7.91. The smallest absolute Gasteiger partial charge is 0.251 e. The first-order valence-corrected chi connectivity index (χ1v) is 8.46. The number of nitrogens with one attached hydrogen (secondary N) is 1.